The maximum Gasteiger partial charge on any atom is 0.319 e. The van der Waals surface area contributed by atoms with Gasteiger partial charge in [-0.1, -0.05) is 13.3 Å². The lowest BCUT2D eigenvalue weighted by Gasteiger charge is -2.06. The van der Waals surface area contributed by atoms with E-state index in [2.05, 4.69) is 5.32 Å². The second-order valence-electron chi connectivity index (χ2n) is 4.28. The number of carbonyl (C=O) groups excluding carboxylic acids is 1. The van der Waals surface area contributed by atoms with Gasteiger partial charge in [0.1, 0.15) is 11.6 Å². The highest BCUT2D eigenvalue weighted by Gasteiger charge is 2.03. The number of ether oxygens (including phenoxy) is 1. The fourth-order valence-electron chi connectivity index (χ4n) is 1.56. The van der Waals surface area contributed by atoms with E-state index in [4.69, 9.17) is 4.74 Å². The number of esters is 1. The molecule has 0 heterocycles. The fourth-order valence-corrected chi connectivity index (χ4v) is 1.56. The van der Waals surface area contributed by atoms with Crippen molar-refractivity contribution in [2.75, 3.05) is 19.7 Å². The quantitative estimate of drug-likeness (QED) is 0.583. The van der Waals surface area contributed by atoms with E-state index in [1.165, 1.54) is 12.1 Å². The summed E-state index contributed by atoms with van der Waals surface area (Å²) in [5.41, 5.74) is 0.560. The van der Waals surface area contributed by atoms with Crippen molar-refractivity contribution in [3.05, 3.63) is 35.4 Å². The van der Waals surface area contributed by atoms with Crippen molar-refractivity contribution < 1.29 is 18.3 Å². The Morgan fingerprint density at radius 2 is 1.95 bits per heavy atom. The Morgan fingerprint density at radius 3 is 2.58 bits per heavy atom. The summed E-state index contributed by atoms with van der Waals surface area (Å²) in [6.45, 7) is 3.03. The van der Waals surface area contributed by atoms with Gasteiger partial charge in [-0.25, -0.2) is 8.78 Å². The van der Waals surface area contributed by atoms with Crippen molar-refractivity contribution >= 4 is 5.97 Å². The van der Waals surface area contributed by atoms with E-state index in [1.54, 1.807) is 0 Å². The van der Waals surface area contributed by atoms with Gasteiger partial charge < -0.3 is 10.1 Å². The maximum absolute atomic E-state index is 12.9. The van der Waals surface area contributed by atoms with E-state index in [-0.39, 0.29) is 12.5 Å². The van der Waals surface area contributed by atoms with Gasteiger partial charge in [-0.2, -0.15) is 0 Å². The fraction of sp³-hybridized carbons (Fsp3) is 0.500. The van der Waals surface area contributed by atoms with Crippen molar-refractivity contribution in [3.63, 3.8) is 0 Å². The molecule has 0 spiro atoms. The zero-order valence-corrected chi connectivity index (χ0v) is 11.0. The van der Waals surface area contributed by atoms with Crippen LogP contribution in [0.25, 0.3) is 0 Å². The summed E-state index contributed by atoms with van der Waals surface area (Å²) in [5.74, 6) is -1.48. The predicted molar refractivity (Wildman–Crippen MR) is 68.8 cm³/mol. The molecule has 0 saturated carbocycles. The van der Waals surface area contributed by atoms with Gasteiger partial charge >= 0.3 is 5.97 Å². The Labute approximate surface area is 112 Å². The third kappa shape index (κ3) is 6.86. The molecule has 0 fully saturated rings. The molecule has 1 rings (SSSR count). The van der Waals surface area contributed by atoms with Crippen LogP contribution in [0.3, 0.4) is 0 Å². The SMILES string of the molecule is CCCCOC(=O)CNCCc1cc(F)cc(F)c1. The molecule has 0 radical (unpaired) electrons. The van der Waals surface area contributed by atoms with Gasteiger partial charge in [0, 0.05) is 6.07 Å². The first kappa shape index (κ1) is 15.6. The first-order valence-corrected chi connectivity index (χ1v) is 6.43. The van der Waals surface area contributed by atoms with E-state index in [9.17, 15) is 13.6 Å². The third-order valence-electron chi connectivity index (χ3n) is 2.54. The highest BCUT2D eigenvalue weighted by Crippen LogP contribution is 2.07. The minimum Gasteiger partial charge on any atom is -0.465 e. The third-order valence-corrected chi connectivity index (χ3v) is 2.54. The maximum atomic E-state index is 12.9. The zero-order valence-electron chi connectivity index (χ0n) is 11.0. The van der Waals surface area contributed by atoms with Crippen molar-refractivity contribution in [2.45, 2.75) is 26.2 Å². The van der Waals surface area contributed by atoms with Crippen LogP contribution in [0, 0.1) is 11.6 Å². The summed E-state index contributed by atoms with van der Waals surface area (Å²) >= 11 is 0. The second kappa shape index (κ2) is 8.58. The van der Waals surface area contributed by atoms with E-state index < -0.39 is 11.6 Å². The first-order chi connectivity index (χ1) is 9.11. The summed E-state index contributed by atoms with van der Waals surface area (Å²) in [6, 6.07) is 3.40. The summed E-state index contributed by atoms with van der Waals surface area (Å²) in [7, 11) is 0. The summed E-state index contributed by atoms with van der Waals surface area (Å²) < 4.78 is 30.8. The summed E-state index contributed by atoms with van der Waals surface area (Å²) in [5, 5.41) is 2.88. The standard InChI is InChI=1S/C14H19F2NO2/c1-2-3-6-19-14(18)10-17-5-4-11-7-12(15)9-13(16)8-11/h7-9,17H,2-6,10H2,1H3. The molecule has 1 N–H and O–H groups in total. The Kier molecular flexibility index (Phi) is 7.03. The molecular formula is C14H19F2NO2. The van der Waals surface area contributed by atoms with Crippen LogP contribution < -0.4 is 5.32 Å². The molecule has 19 heavy (non-hydrogen) atoms. The molecule has 0 atom stereocenters. The smallest absolute Gasteiger partial charge is 0.319 e. The summed E-state index contributed by atoms with van der Waals surface area (Å²) in [6.07, 6.45) is 2.29. The van der Waals surface area contributed by atoms with Gasteiger partial charge in [-0.05, 0) is 37.1 Å². The van der Waals surface area contributed by atoms with Crippen LogP contribution in [0.4, 0.5) is 8.78 Å². The Bertz CT molecular complexity index is 390. The molecule has 106 valence electrons. The number of unbranched alkanes of at least 4 members (excludes halogenated alkanes) is 1. The predicted octanol–water partition coefficient (Wildman–Crippen LogP) is 2.44. The van der Waals surface area contributed by atoms with E-state index >= 15 is 0 Å². The van der Waals surface area contributed by atoms with Gasteiger partial charge in [-0.3, -0.25) is 4.79 Å². The highest BCUT2D eigenvalue weighted by molar-refractivity contribution is 5.71. The van der Waals surface area contributed by atoms with Gasteiger partial charge in [-0.15, -0.1) is 0 Å². The number of carbonyl (C=O) groups is 1. The highest BCUT2D eigenvalue weighted by atomic mass is 19.1. The van der Waals surface area contributed by atoms with Crippen LogP contribution in [0.1, 0.15) is 25.3 Å². The van der Waals surface area contributed by atoms with Crippen molar-refractivity contribution in [1.29, 1.82) is 0 Å². The summed E-state index contributed by atoms with van der Waals surface area (Å²) in [4.78, 5) is 11.2. The average molecular weight is 271 g/mol. The molecule has 0 aliphatic carbocycles. The number of nitrogens with one attached hydrogen (secondary N) is 1. The van der Waals surface area contributed by atoms with E-state index in [1.807, 2.05) is 6.92 Å². The molecule has 1 aromatic carbocycles. The number of rotatable bonds is 8. The largest absolute Gasteiger partial charge is 0.465 e. The molecule has 0 unspecified atom stereocenters. The molecule has 0 aliphatic rings. The zero-order chi connectivity index (χ0) is 14.1. The minimum absolute atomic E-state index is 0.113. The van der Waals surface area contributed by atoms with Crippen LogP contribution in [0.2, 0.25) is 0 Å². The molecule has 0 aromatic heterocycles. The lowest BCUT2D eigenvalue weighted by atomic mass is 10.1. The Morgan fingerprint density at radius 1 is 1.26 bits per heavy atom. The van der Waals surface area contributed by atoms with Gasteiger partial charge in [0.2, 0.25) is 0 Å². The Hall–Kier alpha value is -1.49. The first-order valence-electron chi connectivity index (χ1n) is 6.43. The average Bonchev–Trinajstić information content (AvgIpc) is 2.34. The van der Waals surface area contributed by atoms with Gasteiger partial charge in [0.05, 0.1) is 13.2 Å². The molecule has 0 saturated heterocycles. The van der Waals surface area contributed by atoms with Crippen molar-refractivity contribution in [3.8, 4) is 0 Å². The van der Waals surface area contributed by atoms with Crippen LogP contribution in [-0.2, 0) is 16.0 Å². The van der Waals surface area contributed by atoms with Crippen LogP contribution in [-0.4, -0.2) is 25.7 Å². The number of benzene rings is 1. The topological polar surface area (TPSA) is 38.3 Å². The number of hydrogen-bond acceptors (Lipinski definition) is 3. The minimum atomic E-state index is -0.589. The number of halogens is 2. The molecule has 1 aromatic rings. The molecule has 0 bridgehead atoms. The Balaban J connectivity index is 2.18. The monoisotopic (exact) mass is 271 g/mol. The normalized spacial score (nSPS) is 10.5. The molecule has 5 heteroatoms. The van der Waals surface area contributed by atoms with E-state index in [0.717, 1.165) is 18.9 Å². The van der Waals surface area contributed by atoms with Gasteiger partial charge in [0.15, 0.2) is 0 Å². The van der Waals surface area contributed by atoms with E-state index in [0.29, 0.717) is 25.1 Å². The van der Waals surface area contributed by atoms with Crippen LogP contribution >= 0.6 is 0 Å². The lowest BCUT2D eigenvalue weighted by Crippen LogP contribution is -2.26. The molecular weight excluding hydrogens is 252 g/mol. The molecule has 3 nitrogen and oxygen atoms in total. The van der Waals surface area contributed by atoms with Crippen LogP contribution in [0.5, 0.6) is 0 Å². The van der Waals surface area contributed by atoms with Crippen molar-refractivity contribution in [2.24, 2.45) is 0 Å². The number of hydrogen-bond donors (Lipinski definition) is 1. The second-order valence-corrected chi connectivity index (χ2v) is 4.28. The molecule has 0 aliphatic heterocycles. The lowest BCUT2D eigenvalue weighted by molar-refractivity contribution is -0.142. The van der Waals surface area contributed by atoms with Crippen molar-refractivity contribution in [1.82, 2.24) is 5.32 Å². The molecule has 0 amide bonds. The van der Waals surface area contributed by atoms with Gasteiger partial charge in [0.25, 0.3) is 0 Å². The van der Waals surface area contributed by atoms with Crippen LogP contribution in [0.15, 0.2) is 18.2 Å².